The molecule has 0 aromatic heterocycles. The first kappa shape index (κ1) is 12.1. The average molecular weight is 252 g/mol. The van der Waals surface area contributed by atoms with Gasteiger partial charge in [-0.05, 0) is 44.0 Å². The van der Waals surface area contributed by atoms with E-state index in [0.29, 0.717) is 24.2 Å². The van der Waals surface area contributed by atoms with E-state index >= 15 is 0 Å². The average Bonchev–Trinajstić information content (AvgIpc) is 2.93. The van der Waals surface area contributed by atoms with Crippen LogP contribution in [0.1, 0.15) is 24.8 Å². The molecule has 3 rings (SSSR count). The Morgan fingerprint density at radius 1 is 1.22 bits per heavy atom. The van der Waals surface area contributed by atoms with Gasteiger partial charge < -0.3 is 5.32 Å². The van der Waals surface area contributed by atoms with E-state index in [1.165, 1.54) is 31.5 Å². The van der Waals surface area contributed by atoms with Crippen molar-refractivity contribution in [3.05, 3.63) is 35.4 Å². The van der Waals surface area contributed by atoms with E-state index < -0.39 is 0 Å². The Hall–Kier alpha value is -1.00. The van der Waals surface area contributed by atoms with Crippen molar-refractivity contribution in [3.8, 4) is 0 Å². The summed E-state index contributed by atoms with van der Waals surface area (Å²) >= 11 is 0. The van der Waals surface area contributed by atoms with Gasteiger partial charge >= 0.3 is 0 Å². The summed E-state index contributed by atoms with van der Waals surface area (Å²) in [4.78, 5) is 2.50. The highest BCUT2D eigenvalue weighted by atomic mass is 19.1. The molecule has 2 heterocycles. The first-order chi connectivity index (χ1) is 8.74. The molecule has 0 saturated carbocycles. The Kier molecular flexibility index (Phi) is 3.31. The molecule has 2 unspecified atom stereocenters. The minimum atomic E-state index is -0.373. The highest BCUT2D eigenvalue weighted by Gasteiger charge is 2.36. The van der Waals surface area contributed by atoms with E-state index in [2.05, 4.69) is 10.2 Å². The molecule has 98 valence electrons. The number of nitrogens with zero attached hydrogens (tertiary/aromatic N) is 1. The maximum absolute atomic E-state index is 13.5. The summed E-state index contributed by atoms with van der Waals surface area (Å²) in [7, 11) is 0. The van der Waals surface area contributed by atoms with Crippen LogP contribution in [0.5, 0.6) is 0 Å². The topological polar surface area (TPSA) is 15.3 Å². The molecule has 0 amide bonds. The minimum absolute atomic E-state index is 0.329. The lowest BCUT2D eigenvalue weighted by atomic mass is 10.1. The SMILES string of the molecule is Fc1ccc(F)c(CNC2CCN3CCCC23)c1. The molecular weight excluding hydrogens is 234 g/mol. The van der Waals surface area contributed by atoms with Crippen LogP contribution >= 0.6 is 0 Å². The van der Waals surface area contributed by atoms with Gasteiger partial charge in [0.25, 0.3) is 0 Å². The van der Waals surface area contributed by atoms with Gasteiger partial charge in [-0.25, -0.2) is 8.78 Å². The minimum Gasteiger partial charge on any atom is -0.308 e. The molecule has 2 aliphatic heterocycles. The van der Waals surface area contributed by atoms with Crippen LogP contribution < -0.4 is 5.32 Å². The molecule has 4 heteroatoms. The summed E-state index contributed by atoms with van der Waals surface area (Å²) < 4.78 is 26.6. The van der Waals surface area contributed by atoms with Gasteiger partial charge in [0.15, 0.2) is 0 Å². The Labute approximate surface area is 106 Å². The van der Waals surface area contributed by atoms with Crippen LogP contribution in [0.3, 0.4) is 0 Å². The van der Waals surface area contributed by atoms with Gasteiger partial charge in [-0.1, -0.05) is 0 Å². The lowest BCUT2D eigenvalue weighted by molar-refractivity contribution is 0.298. The zero-order chi connectivity index (χ0) is 12.5. The van der Waals surface area contributed by atoms with E-state index in [1.54, 1.807) is 0 Å². The van der Waals surface area contributed by atoms with Crippen LogP contribution in [0.25, 0.3) is 0 Å². The molecule has 1 N–H and O–H groups in total. The van der Waals surface area contributed by atoms with Crippen molar-refractivity contribution in [1.82, 2.24) is 10.2 Å². The molecule has 2 fully saturated rings. The summed E-state index contributed by atoms with van der Waals surface area (Å²) in [5.41, 5.74) is 0.423. The summed E-state index contributed by atoms with van der Waals surface area (Å²) in [6, 6.07) is 4.66. The van der Waals surface area contributed by atoms with Crippen LogP contribution in [-0.4, -0.2) is 30.1 Å². The zero-order valence-electron chi connectivity index (χ0n) is 10.3. The van der Waals surface area contributed by atoms with Crippen LogP contribution in [0.15, 0.2) is 18.2 Å². The van der Waals surface area contributed by atoms with Crippen molar-refractivity contribution >= 4 is 0 Å². The zero-order valence-corrected chi connectivity index (χ0v) is 10.3. The first-order valence-electron chi connectivity index (χ1n) is 6.65. The third-order valence-corrected chi connectivity index (χ3v) is 4.17. The van der Waals surface area contributed by atoms with Crippen molar-refractivity contribution in [1.29, 1.82) is 0 Å². The second kappa shape index (κ2) is 4.94. The predicted molar refractivity (Wildman–Crippen MR) is 66.2 cm³/mol. The number of rotatable bonds is 3. The molecule has 0 spiro atoms. The molecule has 2 aliphatic rings. The summed E-state index contributed by atoms with van der Waals surface area (Å²) in [6.07, 6.45) is 3.60. The third-order valence-electron chi connectivity index (χ3n) is 4.17. The second-order valence-corrected chi connectivity index (χ2v) is 5.26. The van der Waals surface area contributed by atoms with Gasteiger partial charge in [0.2, 0.25) is 0 Å². The molecule has 1 aromatic carbocycles. The van der Waals surface area contributed by atoms with E-state index in [9.17, 15) is 8.78 Å². The quantitative estimate of drug-likeness (QED) is 0.888. The highest BCUT2D eigenvalue weighted by Crippen LogP contribution is 2.28. The van der Waals surface area contributed by atoms with Gasteiger partial charge in [0.1, 0.15) is 11.6 Å². The second-order valence-electron chi connectivity index (χ2n) is 5.26. The molecular formula is C14H18F2N2. The third kappa shape index (κ3) is 2.27. The number of benzene rings is 1. The normalized spacial score (nSPS) is 27.7. The number of nitrogens with one attached hydrogen (secondary N) is 1. The van der Waals surface area contributed by atoms with E-state index in [-0.39, 0.29) is 11.6 Å². The fourth-order valence-corrected chi connectivity index (χ4v) is 3.24. The number of fused-ring (bicyclic) bond motifs is 1. The maximum Gasteiger partial charge on any atom is 0.127 e. The maximum atomic E-state index is 13.5. The fraction of sp³-hybridized carbons (Fsp3) is 0.571. The monoisotopic (exact) mass is 252 g/mol. The number of hydrogen-bond acceptors (Lipinski definition) is 2. The summed E-state index contributed by atoms with van der Waals surface area (Å²) in [6.45, 7) is 2.74. The van der Waals surface area contributed by atoms with Crippen LogP contribution in [-0.2, 0) is 6.54 Å². The van der Waals surface area contributed by atoms with Crippen LogP contribution in [0.2, 0.25) is 0 Å². The van der Waals surface area contributed by atoms with Crippen molar-refractivity contribution in [2.75, 3.05) is 13.1 Å². The first-order valence-corrected chi connectivity index (χ1v) is 6.65. The molecule has 2 saturated heterocycles. The van der Waals surface area contributed by atoms with Gasteiger partial charge in [-0.15, -0.1) is 0 Å². The summed E-state index contributed by atoms with van der Waals surface area (Å²) in [5.74, 6) is -0.702. The Balaban J connectivity index is 1.62. The number of halogens is 2. The van der Waals surface area contributed by atoms with Gasteiger partial charge in [0, 0.05) is 30.7 Å². The van der Waals surface area contributed by atoms with Gasteiger partial charge in [0.05, 0.1) is 0 Å². The van der Waals surface area contributed by atoms with Crippen molar-refractivity contribution in [3.63, 3.8) is 0 Å². The Morgan fingerprint density at radius 3 is 3.00 bits per heavy atom. The largest absolute Gasteiger partial charge is 0.308 e. The molecule has 1 aromatic rings. The molecule has 2 nitrogen and oxygen atoms in total. The van der Waals surface area contributed by atoms with E-state index in [1.807, 2.05) is 0 Å². The predicted octanol–water partition coefficient (Wildman–Crippen LogP) is 2.29. The lowest BCUT2D eigenvalue weighted by Crippen LogP contribution is -2.38. The summed E-state index contributed by atoms with van der Waals surface area (Å²) in [5, 5.41) is 3.39. The van der Waals surface area contributed by atoms with Crippen molar-refractivity contribution in [2.45, 2.75) is 37.9 Å². The van der Waals surface area contributed by atoms with Gasteiger partial charge in [-0.3, -0.25) is 4.90 Å². The van der Waals surface area contributed by atoms with Crippen LogP contribution in [0.4, 0.5) is 8.78 Å². The molecule has 0 bridgehead atoms. The van der Waals surface area contributed by atoms with Gasteiger partial charge in [-0.2, -0.15) is 0 Å². The lowest BCUT2D eigenvalue weighted by Gasteiger charge is -2.21. The molecule has 2 atom stereocenters. The fourth-order valence-electron chi connectivity index (χ4n) is 3.24. The molecule has 18 heavy (non-hydrogen) atoms. The highest BCUT2D eigenvalue weighted by molar-refractivity contribution is 5.18. The van der Waals surface area contributed by atoms with Crippen molar-refractivity contribution < 1.29 is 8.78 Å². The Morgan fingerprint density at radius 2 is 2.11 bits per heavy atom. The molecule has 0 radical (unpaired) electrons. The smallest absolute Gasteiger partial charge is 0.127 e. The number of hydrogen-bond donors (Lipinski definition) is 1. The Bertz CT molecular complexity index is 436. The standard InChI is InChI=1S/C14H18F2N2/c15-11-3-4-12(16)10(8-11)9-17-13-5-7-18-6-1-2-14(13)18/h3-4,8,13-14,17H,1-2,5-7,9H2. The molecule has 0 aliphatic carbocycles. The van der Waals surface area contributed by atoms with Crippen molar-refractivity contribution in [2.24, 2.45) is 0 Å². The van der Waals surface area contributed by atoms with E-state index in [4.69, 9.17) is 0 Å². The van der Waals surface area contributed by atoms with Crippen LogP contribution in [0, 0.1) is 11.6 Å². The van der Waals surface area contributed by atoms with E-state index in [0.717, 1.165) is 19.0 Å².